The first-order chi connectivity index (χ1) is 8.97. The van der Waals surface area contributed by atoms with Crippen LogP contribution < -0.4 is 4.74 Å². The molecule has 0 aliphatic heterocycles. The van der Waals surface area contributed by atoms with Crippen LogP contribution >= 0.6 is 50.5 Å². The Morgan fingerprint density at radius 1 is 1.16 bits per heavy atom. The molecule has 0 aliphatic rings. The van der Waals surface area contributed by atoms with Crippen molar-refractivity contribution in [2.75, 3.05) is 0 Å². The van der Waals surface area contributed by atoms with Gasteiger partial charge in [0.25, 0.3) is 0 Å². The zero-order valence-electron chi connectivity index (χ0n) is 9.25. The van der Waals surface area contributed by atoms with Crippen molar-refractivity contribution in [1.82, 2.24) is 0 Å². The predicted octanol–water partition coefficient (Wildman–Crippen LogP) is 6.14. The highest BCUT2D eigenvalue weighted by Crippen LogP contribution is 2.41. The summed E-state index contributed by atoms with van der Waals surface area (Å²) in [5, 5.41) is 0. The van der Waals surface area contributed by atoms with Gasteiger partial charge in [-0.25, -0.2) is 0 Å². The molecule has 1 atom stereocenters. The Bertz CT molecular complexity index is 559. The maximum absolute atomic E-state index is 12.0. The number of rotatable bonds is 4. The lowest BCUT2D eigenvalue weighted by atomic mass is 10.1. The number of alkyl halides is 3. The lowest BCUT2D eigenvalue weighted by Crippen LogP contribution is -2.01. The van der Waals surface area contributed by atoms with Gasteiger partial charge in [0, 0.05) is 5.56 Å². The van der Waals surface area contributed by atoms with Crippen LogP contribution in [0.1, 0.15) is 16.0 Å². The molecule has 2 rings (SSSR count). The molecule has 0 bridgehead atoms. The van der Waals surface area contributed by atoms with E-state index in [2.05, 4.69) is 20.7 Å². The van der Waals surface area contributed by atoms with Crippen molar-refractivity contribution in [1.29, 1.82) is 0 Å². The highest BCUT2D eigenvalue weighted by Gasteiger charge is 2.17. The van der Waals surface area contributed by atoms with Crippen LogP contribution in [0.4, 0.5) is 8.78 Å². The summed E-state index contributed by atoms with van der Waals surface area (Å²) < 4.78 is 29.6. The van der Waals surface area contributed by atoms with E-state index in [4.69, 9.17) is 23.2 Å². The fourth-order valence-electron chi connectivity index (χ4n) is 1.52. The van der Waals surface area contributed by atoms with Crippen LogP contribution in [0.3, 0.4) is 0 Å². The lowest BCUT2D eigenvalue weighted by Gasteiger charge is -2.10. The number of halogens is 5. The Morgan fingerprint density at radius 3 is 2.26 bits per heavy atom. The predicted molar refractivity (Wildman–Crippen MR) is 78.2 cm³/mol. The highest BCUT2D eigenvalue weighted by atomic mass is 79.9. The summed E-state index contributed by atoms with van der Waals surface area (Å²) in [6, 6.07) is 8.13. The second-order valence-corrected chi connectivity index (χ2v) is 6.79. The maximum Gasteiger partial charge on any atom is 0.387 e. The van der Waals surface area contributed by atoms with Crippen LogP contribution in [0.25, 0.3) is 0 Å². The van der Waals surface area contributed by atoms with Gasteiger partial charge in [-0.3, -0.25) is 0 Å². The van der Waals surface area contributed by atoms with Gasteiger partial charge in [-0.2, -0.15) is 8.78 Å². The van der Waals surface area contributed by atoms with Gasteiger partial charge in [0.2, 0.25) is 0 Å². The van der Waals surface area contributed by atoms with Crippen molar-refractivity contribution in [3.05, 3.63) is 50.1 Å². The van der Waals surface area contributed by atoms with Gasteiger partial charge in [-0.15, -0.1) is 11.3 Å². The van der Waals surface area contributed by atoms with Crippen LogP contribution in [-0.4, -0.2) is 6.61 Å². The lowest BCUT2D eigenvalue weighted by molar-refractivity contribution is -0.0498. The first-order valence-corrected chi connectivity index (χ1v) is 7.59. The van der Waals surface area contributed by atoms with Gasteiger partial charge in [-0.05, 0) is 23.8 Å². The third kappa shape index (κ3) is 3.81. The average Bonchev–Trinajstić information content (AvgIpc) is 2.68. The summed E-state index contributed by atoms with van der Waals surface area (Å²) in [5.41, 5.74) is 1.72. The summed E-state index contributed by atoms with van der Waals surface area (Å²) in [6.07, 6.45) is 0. The Balaban J connectivity index is 2.20. The smallest absolute Gasteiger partial charge is 0.387 e. The van der Waals surface area contributed by atoms with Crippen LogP contribution in [0.5, 0.6) is 5.75 Å². The maximum atomic E-state index is 12.0. The number of thiophene rings is 1. The monoisotopic (exact) mass is 386 g/mol. The minimum absolute atomic E-state index is 0.118. The fourth-order valence-corrected chi connectivity index (χ4v) is 4.01. The summed E-state index contributed by atoms with van der Waals surface area (Å²) >= 11 is 16.7. The van der Waals surface area contributed by atoms with Crippen molar-refractivity contribution in [2.24, 2.45) is 0 Å². The SMILES string of the molecule is FC(F)Oc1ccc(C(Br)c2cc(Cl)sc2Cl)cc1. The molecule has 1 nitrogen and oxygen atoms in total. The molecule has 7 heteroatoms. The van der Waals surface area contributed by atoms with Crippen molar-refractivity contribution in [2.45, 2.75) is 11.4 Å². The van der Waals surface area contributed by atoms with E-state index < -0.39 is 6.61 Å². The van der Waals surface area contributed by atoms with E-state index >= 15 is 0 Å². The molecule has 1 heterocycles. The van der Waals surface area contributed by atoms with Crippen molar-refractivity contribution >= 4 is 50.5 Å². The Kier molecular flexibility index (Phi) is 5.06. The van der Waals surface area contributed by atoms with Gasteiger partial charge in [0.1, 0.15) is 5.75 Å². The van der Waals surface area contributed by atoms with E-state index in [1.54, 1.807) is 18.2 Å². The molecule has 0 N–H and O–H groups in total. The van der Waals surface area contributed by atoms with Gasteiger partial charge in [0.05, 0.1) is 13.5 Å². The summed E-state index contributed by atoms with van der Waals surface area (Å²) in [7, 11) is 0. The van der Waals surface area contributed by atoms with Crippen LogP contribution in [-0.2, 0) is 0 Å². The van der Waals surface area contributed by atoms with Gasteiger partial charge in [-0.1, -0.05) is 51.3 Å². The molecule has 102 valence electrons. The van der Waals surface area contributed by atoms with Crippen LogP contribution in [0, 0.1) is 0 Å². The van der Waals surface area contributed by atoms with Crippen molar-refractivity contribution in [3.8, 4) is 5.75 Å². The molecule has 0 fully saturated rings. The van der Waals surface area contributed by atoms with Crippen LogP contribution in [0.15, 0.2) is 30.3 Å². The topological polar surface area (TPSA) is 9.23 Å². The molecule has 0 aliphatic carbocycles. The summed E-state index contributed by atoms with van der Waals surface area (Å²) in [6.45, 7) is -2.82. The largest absolute Gasteiger partial charge is 0.435 e. The molecule has 0 spiro atoms. The molecule has 0 saturated carbocycles. The molecule has 0 amide bonds. The zero-order valence-corrected chi connectivity index (χ0v) is 13.2. The normalized spacial score (nSPS) is 12.7. The molecule has 0 radical (unpaired) electrons. The first-order valence-electron chi connectivity index (χ1n) is 5.11. The summed E-state index contributed by atoms with van der Waals surface area (Å²) in [4.78, 5) is -0.149. The minimum atomic E-state index is -2.82. The minimum Gasteiger partial charge on any atom is -0.435 e. The average molecular weight is 388 g/mol. The molecule has 2 aromatic rings. The third-order valence-electron chi connectivity index (χ3n) is 2.35. The third-order valence-corrected chi connectivity index (χ3v) is 4.89. The van der Waals surface area contributed by atoms with E-state index in [1.807, 2.05) is 0 Å². The van der Waals surface area contributed by atoms with E-state index in [1.165, 1.54) is 23.5 Å². The van der Waals surface area contributed by atoms with Gasteiger partial charge < -0.3 is 4.74 Å². The van der Waals surface area contributed by atoms with E-state index in [0.717, 1.165) is 11.1 Å². The first kappa shape index (κ1) is 15.0. The second-order valence-electron chi connectivity index (χ2n) is 3.59. The second kappa shape index (κ2) is 6.39. The molecular formula is C12H7BrCl2F2OS. The Morgan fingerprint density at radius 2 is 1.79 bits per heavy atom. The molecule has 19 heavy (non-hydrogen) atoms. The number of hydrogen-bond donors (Lipinski definition) is 0. The summed E-state index contributed by atoms with van der Waals surface area (Å²) in [5.74, 6) is 0.118. The Labute approximate surface area is 131 Å². The molecule has 1 unspecified atom stereocenters. The number of hydrogen-bond acceptors (Lipinski definition) is 2. The quantitative estimate of drug-likeness (QED) is 0.572. The molecule has 0 saturated heterocycles. The number of ether oxygens (including phenoxy) is 1. The van der Waals surface area contributed by atoms with Crippen molar-refractivity contribution in [3.63, 3.8) is 0 Å². The Hall–Kier alpha value is -0.360. The zero-order chi connectivity index (χ0) is 14.0. The molecule has 1 aromatic carbocycles. The molecule has 1 aromatic heterocycles. The van der Waals surface area contributed by atoms with E-state index in [0.29, 0.717) is 8.67 Å². The van der Waals surface area contributed by atoms with Gasteiger partial charge in [0.15, 0.2) is 0 Å². The van der Waals surface area contributed by atoms with Crippen molar-refractivity contribution < 1.29 is 13.5 Å². The van der Waals surface area contributed by atoms with Crippen LogP contribution in [0.2, 0.25) is 8.67 Å². The highest BCUT2D eigenvalue weighted by molar-refractivity contribution is 9.09. The van der Waals surface area contributed by atoms with E-state index in [9.17, 15) is 8.78 Å². The molecular weight excluding hydrogens is 381 g/mol. The fraction of sp³-hybridized carbons (Fsp3) is 0.167. The number of benzene rings is 1. The van der Waals surface area contributed by atoms with E-state index in [-0.39, 0.29) is 10.6 Å². The van der Waals surface area contributed by atoms with Gasteiger partial charge >= 0.3 is 6.61 Å². The standard InChI is InChI=1S/C12H7BrCl2F2OS/c13-10(8-5-9(14)19-11(8)15)6-1-3-7(4-2-6)18-12(16)17/h1-5,10,12H.